The highest BCUT2D eigenvalue weighted by Crippen LogP contribution is 2.23. The summed E-state index contributed by atoms with van der Waals surface area (Å²) in [5.41, 5.74) is 1.14. The van der Waals surface area contributed by atoms with E-state index in [2.05, 4.69) is 25.3 Å². The number of aliphatic carboxylic acids is 1. The van der Waals surface area contributed by atoms with Crippen LogP contribution in [0.5, 0.6) is 0 Å². The summed E-state index contributed by atoms with van der Waals surface area (Å²) >= 11 is 9.85. The molecule has 0 amide bonds. The molecule has 2 unspecified atom stereocenters. The summed E-state index contributed by atoms with van der Waals surface area (Å²) in [6, 6.07) is 9.88. The molecule has 94 valence electrons. The van der Waals surface area contributed by atoms with Crippen molar-refractivity contribution in [3.63, 3.8) is 0 Å². The lowest BCUT2D eigenvalue weighted by atomic mass is 10.2. The maximum Gasteiger partial charge on any atom is 0.316 e. The van der Waals surface area contributed by atoms with Gasteiger partial charge in [-0.05, 0) is 12.0 Å². The van der Waals surface area contributed by atoms with E-state index in [-0.39, 0.29) is 5.25 Å². The monoisotopic (exact) mass is 288 g/mol. The Morgan fingerprint density at radius 2 is 2.00 bits per heavy atom. The normalized spacial score (nSPS) is 14.2. The van der Waals surface area contributed by atoms with Crippen molar-refractivity contribution in [3.8, 4) is 0 Å². The Bertz CT molecular complexity index is 343. The first-order chi connectivity index (χ1) is 8.13. The summed E-state index contributed by atoms with van der Waals surface area (Å²) in [5.74, 6) is 0.538. The fraction of sp³-hybridized carbons (Fsp3) is 0.417. The largest absolute Gasteiger partial charge is 0.480 e. The molecular weight excluding hydrogens is 272 g/mol. The number of benzene rings is 1. The van der Waals surface area contributed by atoms with Crippen LogP contribution in [-0.4, -0.2) is 27.3 Å². The number of hydrogen-bond donors (Lipinski definition) is 3. The zero-order valence-corrected chi connectivity index (χ0v) is 11.9. The van der Waals surface area contributed by atoms with Gasteiger partial charge >= 0.3 is 5.97 Å². The van der Waals surface area contributed by atoms with E-state index in [1.807, 2.05) is 30.3 Å². The Hall–Kier alpha value is -0.260. The zero-order chi connectivity index (χ0) is 12.7. The minimum atomic E-state index is -0.772. The third kappa shape index (κ3) is 5.75. The van der Waals surface area contributed by atoms with Crippen molar-refractivity contribution in [3.05, 3.63) is 35.9 Å². The maximum atomic E-state index is 11.1. The van der Waals surface area contributed by atoms with Gasteiger partial charge < -0.3 is 5.11 Å². The average Bonchev–Trinajstić information content (AvgIpc) is 2.35. The van der Waals surface area contributed by atoms with Crippen molar-refractivity contribution < 1.29 is 9.90 Å². The first kappa shape index (κ1) is 14.8. The van der Waals surface area contributed by atoms with E-state index in [1.165, 1.54) is 11.8 Å². The van der Waals surface area contributed by atoms with Crippen LogP contribution in [0.25, 0.3) is 0 Å². The van der Waals surface area contributed by atoms with Gasteiger partial charge in [-0.3, -0.25) is 4.79 Å². The maximum absolute atomic E-state index is 11.1. The zero-order valence-electron chi connectivity index (χ0n) is 9.32. The molecule has 0 aliphatic rings. The lowest BCUT2D eigenvalue weighted by molar-refractivity contribution is -0.136. The van der Waals surface area contributed by atoms with Crippen LogP contribution in [0.15, 0.2) is 30.3 Å². The van der Waals surface area contributed by atoms with Crippen LogP contribution in [0.3, 0.4) is 0 Å². The molecule has 1 rings (SSSR count). The molecule has 0 saturated heterocycles. The molecule has 1 aromatic rings. The lowest BCUT2D eigenvalue weighted by Gasteiger charge is -2.15. The average molecular weight is 288 g/mol. The van der Waals surface area contributed by atoms with E-state index in [0.29, 0.717) is 17.9 Å². The Balaban J connectivity index is 2.47. The molecule has 0 spiro atoms. The van der Waals surface area contributed by atoms with E-state index in [0.717, 1.165) is 5.56 Å². The number of carboxylic acid groups (broad SMARTS) is 1. The molecule has 17 heavy (non-hydrogen) atoms. The molecule has 0 aliphatic carbocycles. The quantitative estimate of drug-likeness (QED) is 0.675. The summed E-state index contributed by atoms with van der Waals surface area (Å²) < 4.78 is 0. The van der Waals surface area contributed by atoms with Gasteiger partial charge in [-0.1, -0.05) is 30.3 Å². The summed E-state index contributed by atoms with van der Waals surface area (Å²) in [6.45, 7) is 0. The van der Waals surface area contributed by atoms with Crippen LogP contribution in [-0.2, 0) is 10.5 Å². The molecule has 1 aromatic carbocycles. The van der Waals surface area contributed by atoms with Crippen LogP contribution in [0.4, 0.5) is 0 Å². The molecule has 0 radical (unpaired) electrons. The molecule has 2 nitrogen and oxygen atoms in total. The SMILES string of the molecule is O=C(O)C(CC(S)CS)SCc1ccccc1. The van der Waals surface area contributed by atoms with Crippen LogP contribution in [0.1, 0.15) is 12.0 Å². The second kappa shape index (κ2) is 7.95. The lowest BCUT2D eigenvalue weighted by Crippen LogP contribution is -2.21. The van der Waals surface area contributed by atoms with E-state index in [9.17, 15) is 4.79 Å². The van der Waals surface area contributed by atoms with E-state index in [1.54, 1.807) is 0 Å². The predicted molar refractivity (Wildman–Crippen MR) is 80.4 cm³/mol. The summed E-state index contributed by atoms with van der Waals surface area (Å²) in [4.78, 5) is 11.1. The van der Waals surface area contributed by atoms with Gasteiger partial charge in [0.15, 0.2) is 0 Å². The van der Waals surface area contributed by atoms with Crippen molar-refractivity contribution in [2.24, 2.45) is 0 Å². The van der Waals surface area contributed by atoms with Crippen LogP contribution >= 0.6 is 37.0 Å². The number of hydrogen-bond acceptors (Lipinski definition) is 4. The first-order valence-electron chi connectivity index (χ1n) is 5.30. The topological polar surface area (TPSA) is 37.3 Å². The number of thioether (sulfide) groups is 1. The number of carbonyl (C=O) groups is 1. The first-order valence-corrected chi connectivity index (χ1v) is 7.50. The van der Waals surface area contributed by atoms with Gasteiger partial charge in [0, 0.05) is 16.8 Å². The van der Waals surface area contributed by atoms with Gasteiger partial charge in [-0.15, -0.1) is 11.8 Å². The second-order valence-electron chi connectivity index (χ2n) is 3.70. The molecule has 5 heteroatoms. The number of thiol groups is 2. The van der Waals surface area contributed by atoms with E-state index in [4.69, 9.17) is 5.11 Å². The van der Waals surface area contributed by atoms with Crippen molar-refractivity contribution in [1.29, 1.82) is 0 Å². The van der Waals surface area contributed by atoms with Gasteiger partial charge in [0.1, 0.15) is 5.25 Å². The van der Waals surface area contributed by atoms with Crippen molar-refractivity contribution in [1.82, 2.24) is 0 Å². The number of carboxylic acids is 1. The van der Waals surface area contributed by atoms with Crippen LogP contribution < -0.4 is 0 Å². The summed E-state index contributed by atoms with van der Waals surface area (Å²) in [6.07, 6.45) is 0.541. The van der Waals surface area contributed by atoms with Crippen molar-refractivity contribution in [2.75, 3.05) is 5.75 Å². The highest BCUT2D eigenvalue weighted by Gasteiger charge is 2.20. The summed E-state index contributed by atoms with van der Waals surface area (Å²) in [7, 11) is 0. The van der Waals surface area contributed by atoms with E-state index >= 15 is 0 Å². The Morgan fingerprint density at radius 1 is 1.35 bits per heavy atom. The van der Waals surface area contributed by atoms with Crippen molar-refractivity contribution in [2.45, 2.75) is 22.7 Å². The Morgan fingerprint density at radius 3 is 2.53 bits per heavy atom. The molecule has 0 aliphatic heterocycles. The third-order valence-electron chi connectivity index (χ3n) is 2.27. The van der Waals surface area contributed by atoms with Crippen LogP contribution in [0, 0.1) is 0 Å². The summed E-state index contributed by atoms with van der Waals surface area (Å²) in [5, 5.41) is 8.73. The highest BCUT2D eigenvalue weighted by atomic mass is 32.2. The van der Waals surface area contributed by atoms with Gasteiger partial charge in [0.25, 0.3) is 0 Å². The smallest absolute Gasteiger partial charge is 0.316 e. The number of rotatable bonds is 7. The molecular formula is C12H16O2S3. The molecule has 0 bridgehead atoms. The molecule has 0 aromatic heterocycles. The fourth-order valence-electron chi connectivity index (χ4n) is 1.33. The van der Waals surface area contributed by atoms with Gasteiger partial charge in [0.2, 0.25) is 0 Å². The molecule has 2 atom stereocenters. The van der Waals surface area contributed by atoms with Crippen LogP contribution in [0.2, 0.25) is 0 Å². The van der Waals surface area contributed by atoms with E-state index < -0.39 is 11.2 Å². The van der Waals surface area contributed by atoms with Gasteiger partial charge in [-0.2, -0.15) is 25.3 Å². The van der Waals surface area contributed by atoms with Gasteiger partial charge in [-0.25, -0.2) is 0 Å². The molecule has 1 N–H and O–H groups in total. The minimum absolute atomic E-state index is 0.0303. The molecule has 0 fully saturated rings. The molecule has 0 saturated carbocycles. The fourth-order valence-corrected chi connectivity index (χ4v) is 2.93. The molecule has 0 heterocycles. The second-order valence-corrected chi connectivity index (χ2v) is 5.98. The Labute approximate surface area is 117 Å². The standard InChI is InChI=1S/C12H16O2S3/c13-12(14)11(6-10(16)7-15)17-8-9-4-2-1-3-5-9/h1-5,10-11,15-16H,6-8H2,(H,13,14). The Kier molecular flexibility index (Phi) is 6.92. The highest BCUT2D eigenvalue weighted by molar-refractivity contribution is 7.99. The van der Waals surface area contributed by atoms with Crippen molar-refractivity contribution >= 4 is 43.0 Å². The van der Waals surface area contributed by atoms with Gasteiger partial charge in [0.05, 0.1) is 0 Å². The minimum Gasteiger partial charge on any atom is -0.480 e. The predicted octanol–water partition coefficient (Wildman–Crippen LogP) is 2.99. The third-order valence-corrected chi connectivity index (χ3v) is 4.69.